The number of hydrogen-bond donors (Lipinski definition) is 2. The highest BCUT2D eigenvalue weighted by Gasteiger charge is 2.27. The summed E-state index contributed by atoms with van der Waals surface area (Å²) in [7, 11) is -4.25. The molecule has 0 unspecified atom stereocenters. The first-order valence-corrected chi connectivity index (χ1v) is 7.23. The van der Waals surface area contributed by atoms with Gasteiger partial charge in [0.25, 0.3) is 0 Å². The summed E-state index contributed by atoms with van der Waals surface area (Å²) >= 11 is 0. The minimum atomic E-state index is -4.25. The molecule has 2 radical (unpaired) electrons. The van der Waals surface area contributed by atoms with Gasteiger partial charge >= 0.3 is 11.9 Å². The Morgan fingerprint density at radius 3 is 1.36 bits per heavy atom. The second-order valence-electron chi connectivity index (χ2n) is 4.11. The summed E-state index contributed by atoms with van der Waals surface area (Å²) in [5.41, 5.74) is -0.810. The van der Waals surface area contributed by atoms with Crippen LogP contribution >= 0.6 is 0 Å². The minimum absolute atomic E-state index is 0. The SMILES string of the molecule is O=C(O)c1ccccc1S(=O)(=O)c1ccccc1C(=O)O.[Mg]. The van der Waals surface area contributed by atoms with Crippen LogP contribution in [0.2, 0.25) is 0 Å². The number of carboxylic acid groups (broad SMARTS) is 2. The monoisotopic (exact) mass is 330 g/mol. The van der Waals surface area contributed by atoms with Gasteiger partial charge in [0.15, 0.2) is 0 Å². The van der Waals surface area contributed by atoms with Gasteiger partial charge in [-0.25, -0.2) is 18.0 Å². The van der Waals surface area contributed by atoms with Gasteiger partial charge in [0.05, 0.1) is 20.9 Å². The number of aromatic carboxylic acids is 2. The van der Waals surface area contributed by atoms with Crippen LogP contribution in [-0.4, -0.2) is 53.6 Å². The van der Waals surface area contributed by atoms with Gasteiger partial charge in [0.2, 0.25) is 9.84 Å². The van der Waals surface area contributed by atoms with E-state index >= 15 is 0 Å². The number of hydrogen-bond acceptors (Lipinski definition) is 4. The van der Waals surface area contributed by atoms with Gasteiger partial charge in [-0.2, -0.15) is 0 Å². The second kappa shape index (κ2) is 6.90. The summed E-state index contributed by atoms with van der Waals surface area (Å²) in [4.78, 5) is 21.4. The predicted octanol–water partition coefficient (Wildman–Crippen LogP) is 1.54. The van der Waals surface area contributed by atoms with Crippen molar-refractivity contribution in [2.75, 3.05) is 0 Å². The van der Waals surface area contributed by atoms with Gasteiger partial charge in [0.1, 0.15) is 0 Å². The van der Waals surface area contributed by atoms with Crippen LogP contribution in [0.15, 0.2) is 58.3 Å². The third kappa shape index (κ3) is 3.29. The first-order valence-electron chi connectivity index (χ1n) is 5.75. The van der Waals surface area contributed by atoms with E-state index in [1.807, 2.05) is 0 Å². The molecule has 22 heavy (non-hydrogen) atoms. The van der Waals surface area contributed by atoms with Crippen LogP contribution in [0.5, 0.6) is 0 Å². The van der Waals surface area contributed by atoms with Crippen LogP contribution in [0.4, 0.5) is 0 Å². The molecule has 2 aromatic rings. The highest BCUT2D eigenvalue weighted by Crippen LogP contribution is 2.26. The largest absolute Gasteiger partial charge is 0.478 e. The molecule has 0 atom stereocenters. The van der Waals surface area contributed by atoms with Crippen LogP contribution in [0.3, 0.4) is 0 Å². The average molecular weight is 331 g/mol. The Balaban J connectivity index is 0.00000242. The zero-order valence-corrected chi connectivity index (χ0v) is 13.5. The van der Waals surface area contributed by atoms with Crippen molar-refractivity contribution in [1.29, 1.82) is 0 Å². The van der Waals surface area contributed by atoms with E-state index in [-0.39, 0.29) is 23.1 Å². The van der Waals surface area contributed by atoms with E-state index in [0.717, 1.165) is 24.3 Å². The molecule has 0 spiro atoms. The molecule has 0 saturated heterocycles. The molecule has 2 rings (SSSR count). The normalized spacial score (nSPS) is 10.5. The number of sulfone groups is 1. The highest BCUT2D eigenvalue weighted by atomic mass is 32.2. The molecule has 0 aliphatic heterocycles. The number of carbonyl (C=O) groups is 2. The zero-order valence-electron chi connectivity index (χ0n) is 11.3. The second-order valence-corrected chi connectivity index (χ2v) is 5.99. The summed E-state index contributed by atoms with van der Waals surface area (Å²) in [5, 5.41) is 18.1. The molecular formula is C14H10MgO6S. The maximum absolute atomic E-state index is 12.6. The fraction of sp³-hybridized carbons (Fsp3) is 0. The molecule has 0 saturated carbocycles. The van der Waals surface area contributed by atoms with Crippen LogP contribution in [0.25, 0.3) is 0 Å². The van der Waals surface area contributed by atoms with Gasteiger partial charge in [-0.05, 0) is 24.3 Å². The molecule has 110 valence electrons. The summed E-state index contributed by atoms with van der Waals surface area (Å²) < 4.78 is 25.1. The minimum Gasteiger partial charge on any atom is -0.478 e. The quantitative estimate of drug-likeness (QED) is 0.823. The molecule has 6 nitrogen and oxygen atoms in total. The van der Waals surface area contributed by atoms with E-state index in [0.29, 0.717) is 0 Å². The van der Waals surface area contributed by atoms with Gasteiger partial charge in [-0.3, -0.25) is 0 Å². The standard InChI is InChI=1S/C14H10O6S.Mg/c15-13(16)9-5-1-3-7-11(9)21(19,20)12-8-4-2-6-10(12)14(17)18;/h1-8H,(H,15,16)(H,17,18);. The summed E-state index contributed by atoms with van der Waals surface area (Å²) in [6.07, 6.45) is 0. The maximum Gasteiger partial charge on any atom is 0.337 e. The molecule has 2 aromatic carbocycles. The highest BCUT2D eigenvalue weighted by molar-refractivity contribution is 7.91. The molecule has 0 aliphatic rings. The van der Waals surface area contributed by atoms with Crippen molar-refractivity contribution in [3.8, 4) is 0 Å². The lowest BCUT2D eigenvalue weighted by molar-refractivity contribution is 0.0683. The maximum atomic E-state index is 12.6. The fourth-order valence-corrected chi connectivity index (χ4v) is 3.52. The van der Waals surface area contributed by atoms with Crippen molar-refractivity contribution < 1.29 is 28.2 Å². The Bertz CT molecular complexity index is 765. The van der Waals surface area contributed by atoms with E-state index in [9.17, 15) is 18.0 Å². The van der Waals surface area contributed by atoms with E-state index < -0.39 is 42.7 Å². The average Bonchev–Trinajstić information content (AvgIpc) is 2.47. The molecule has 0 aliphatic carbocycles. The first kappa shape index (κ1) is 18.1. The lowest BCUT2D eigenvalue weighted by Crippen LogP contribution is -2.13. The van der Waals surface area contributed by atoms with Crippen molar-refractivity contribution in [2.45, 2.75) is 9.79 Å². The van der Waals surface area contributed by atoms with Crippen LogP contribution < -0.4 is 0 Å². The van der Waals surface area contributed by atoms with E-state index in [1.54, 1.807) is 0 Å². The molecule has 0 amide bonds. The van der Waals surface area contributed by atoms with Crippen molar-refractivity contribution in [3.05, 3.63) is 59.7 Å². The number of benzene rings is 2. The molecule has 0 bridgehead atoms. The Kier molecular flexibility index (Phi) is 5.69. The predicted molar refractivity (Wildman–Crippen MR) is 78.0 cm³/mol. The van der Waals surface area contributed by atoms with Gasteiger partial charge in [0, 0.05) is 23.1 Å². The van der Waals surface area contributed by atoms with Crippen LogP contribution in [-0.2, 0) is 9.84 Å². The molecule has 0 heterocycles. The molecule has 0 aromatic heterocycles. The summed E-state index contributed by atoms with van der Waals surface area (Å²) in [6.45, 7) is 0. The Hall–Kier alpha value is -1.90. The smallest absolute Gasteiger partial charge is 0.337 e. The van der Waals surface area contributed by atoms with Gasteiger partial charge in [-0.15, -0.1) is 0 Å². The molecule has 2 N–H and O–H groups in total. The van der Waals surface area contributed by atoms with E-state index in [1.165, 1.54) is 24.3 Å². The van der Waals surface area contributed by atoms with Crippen LogP contribution in [0, 0.1) is 0 Å². The van der Waals surface area contributed by atoms with E-state index in [2.05, 4.69) is 0 Å². The van der Waals surface area contributed by atoms with Crippen molar-refractivity contribution in [1.82, 2.24) is 0 Å². The Labute approximate surface area is 142 Å². The fourth-order valence-electron chi connectivity index (χ4n) is 1.87. The summed E-state index contributed by atoms with van der Waals surface area (Å²) in [6, 6.07) is 10.1. The Morgan fingerprint density at radius 1 is 0.727 bits per heavy atom. The number of rotatable bonds is 4. The van der Waals surface area contributed by atoms with Crippen molar-refractivity contribution in [3.63, 3.8) is 0 Å². The zero-order chi connectivity index (χ0) is 15.6. The lowest BCUT2D eigenvalue weighted by Gasteiger charge is -2.10. The third-order valence-corrected chi connectivity index (χ3v) is 4.68. The van der Waals surface area contributed by atoms with Crippen molar-refractivity contribution >= 4 is 44.8 Å². The van der Waals surface area contributed by atoms with Gasteiger partial charge < -0.3 is 10.2 Å². The molecular weight excluding hydrogens is 321 g/mol. The summed E-state index contributed by atoms with van der Waals surface area (Å²) in [5.74, 6) is -2.80. The first-order chi connectivity index (χ1) is 9.85. The third-order valence-electron chi connectivity index (χ3n) is 2.81. The molecule has 8 heteroatoms. The number of carboxylic acids is 2. The topological polar surface area (TPSA) is 109 Å². The Morgan fingerprint density at radius 2 is 1.05 bits per heavy atom. The van der Waals surface area contributed by atoms with Gasteiger partial charge in [-0.1, -0.05) is 24.3 Å². The van der Waals surface area contributed by atoms with Crippen molar-refractivity contribution in [2.24, 2.45) is 0 Å². The molecule has 0 fully saturated rings. The van der Waals surface area contributed by atoms with Crippen LogP contribution in [0.1, 0.15) is 20.7 Å². The van der Waals surface area contributed by atoms with E-state index in [4.69, 9.17) is 10.2 Å². The lowest BCUT2D eigenvalue weighted by atomic mass is 10.2.